The topological polar surface area (TPSA) is 80.9 Å². The van der Waals surface area contributed by atoms with E-state index in [9.17, 15) is 20.4 Å². The van der Waals surface area contributed by atoms with Gasteiger partial charge in [-0.15, -0.1) is 0 Å². The summed E-state index contributed by atoms with van der Waals surface area (Å²) in [6, 6.07) is 9.39. The summed E-state index contributed by atoms with van der Waals surface area (Å²) in [5.74, 6) is 0.562. The molecule has 2 fully saturated rings. The molecule has 0 aliphatic heterocycles. The molecule has 0 unspecified atom stereocenters. The molecular weight excluding hydrogens is 460 g/mol. The highest BCUT2D eigenvalue weighted by Crippen LogP contribution is 2.51. The molecular formula is C33H40O4. The highest BCUT2D eigenvalue weighted by molar-refractivity contribution is 5.88. The lowest BCUT2D eigenvalue weighted by molar-refractivity contribution is 0.405. The van der Waals surface area contributed by atoms with Crippen LogP contribution in [0.5, 0.6) is 23.0 Å². The van der Waals surface area contributed by atoms with Gasteiger partial charge >= 0.3 is 0 Å². The summed E-state index contributed by atoms with van der Waals surface area (Å²) >= 11 is 0. The fraction of sp³-hybridized carbons (Fsp3) is 0.455. The Balaban J connectivity index is 1.61. The van der Waals surface area contributed by atoms with E-state index >= 15 is 0 Å². The number of phenols is 4. The van der Waals surface area contributed by atoms with E-state index in [1.165, 1.54) is 49.7 Å². The number of benzene rings is 3. The first-order valence-corrected chi connectivity index (χ1v) is 14.0. The van der Waals surface area contributed by atoms with Crippen LogP contribution in [-0.4, -0.2) is 20.4 Å². The van der Waals surface area contributed by atoms with Gasteiger partial charge in [-0.1, -0.05) is 38.5 Å². The largest absolute Gasteiger partial charge is 0.507 e. The zero-order valence-corrected chi connectivity index (χ0v) is 22.4. The third-order valence-electron chi connectivity index (χ3n) is 8.89. The molecule has 2 aliphatic carbocycles. The van der Waals surface area contributed by atoms with Crippen LogP contribution in [0.25, 0.3) is 22.3 Å². The third-order valence-corrected chi connectivity index (χ3v) is 8.89. The summed E-state index contributed by atoms with van der Waals surface area (Å²) in [4.78, 5) is 0. The molecule has 0 bridgehead atoms. The number of aryl methyl sites for hydroxylation is 3. The second-order valence-corrected chi connectivity index (χ2v) is 11.4. The third kappa shape index (κ3) is 4.79. The highest BCUT2D eigenvalue weighted by atomic mass is 16.3. The van der Waals surface area contributed by atoms with E-state index in [4.69, 9.17) is 0 Å². The Hall–Kier alpha value is -3.14. The van der Waals surface area contributed by atoms with Crippen LogP contribution < -0.4 is 0 Å². The first kappa shape index (κ1) is 25.5. The van der Waals surface area contributed by atoms with Gasteiger partial charge in [-0.2, -0.15) is 0 Å². The monoisotopic (exact) mass is 500 g/mol. The standard InChI is InChI=1S/C33H40O4/c1-19-15-29(34)26(17-24(19)22-10-6-4-7-11-22)27-14-21(3)31(33(37)32(27)36)28-18-25(20(2)16-30(28)35)23-12-8-5-9-13-23/h14-18,22-23,34-37H,4-13H2,1-3H3. The number of aromatic hydroxyl groups is 4. The van der Waals surface area contributed by atoms with Gasteiger partial charge in [-0.3, -0.25) is 0 Å². The number of rotatable bonds is 4. The number of hydrogen-bond acceptors (Lipinski definition) is 4. The van der Waals surface area contributed by atoms with Gasteiger partial charge in [-0.25, -0.2) is 0 Å². The minimum absolute atomic E-state index is 0.0941. The van der Waals surface area contributed by atoms with E-state index in [0.717, 1.165) is 42.4 Å². The summed E-state index contributed by atoms with van der Waals surface area (Å²) in [5.41, 5.74) is 7.20. The van der Waals surface area contributed by atoms with Crippen LogP contribution in [0.2, 0.25) is 0 Å². The number of hydrogen-bond donors (Lipinski definition) is 4. The van der Waals surface area contributed by atoms with Gasteiger partial charge < -0.3 is 20.4 Å². The Labute approximate surface area is 220 Å². The maximum Gasteiger partial charge on any atom is 0.166 e. The van der Waals surface area contributed by atoms with Crippen LogP contribution in [0.3, 0.4) is 0 Å². The molecule has 2 saturated carbocycles. The average Bonchev–Trinajstić information content (AvgIpc) is 2.89. The first-order valence-electron chi connectivity index (χ1n) is 14.0. The minimum Gasteiger partial charge on any atom is -0.507 e. The molecule has 0 aromatic heterocycles. The van der Waals surface area contributed by atoms with Gasteiger partial charge in [0.2, 0.25) is 0 Å². The lowest BCUT2D eigenvalue weighted by atomic mass is 9.80. The molecule has 0 amide bonds. The molecule has 0 heterocycles. The molecule has 0 saturated heterocycles. The highest BCUT2D eigenvalue weighted by Gasteiger charge is 2.26. The molecule has 37 heavy (non-hydrogen) atoms. The van der Waals surface area contributed by atoms with Crippen LogP contribution in [0.4, 0.5) is 0 Å². The Morgan fingerprint density at radius 3 is 1.46 bits per heavy atom. The fourth-order valence-electron chi connectivity index (χ4n) is 6.88. The summed E-state index contributed by atoms with van der Waals surface area (Å²) in [6.45, 7) is 5.94. The molecule has 0 spiro atoms. The Kier molecular flexibility index (Phi) is 7.11. The summed E-state index contributed by atoms with van der Waals surface area (Å²) in [7, 11) is 0. The average molecular weight is 501 g/mol. The van der Waals surface area contributed by atoms with Crippen molar-refractivity contribution in [1.29, 1.82) is 0 Å². The quantitative estimate of drug-likeness (QED) is 0.270. The SMILES string of the molecule is Cc1cc(O)c(-c2cc(C)c(-c3cc(C4CCCCC4)c(C)cc3O)c(O)c2O)cc1C1CCCCC1. The van der Waals surface area contributed by atoms with Crippen molar-refractivity contribution in [3.05, 3.63) is 58.1 Å². The second kappa shape index (κ2) is 10.3. The fourth-order valence-corrected chi connectivity index (χ4v) is 6.88. The second-order valence-electron chi connectivity index (χ2n) is 11.4. The Bertz CT molecular complexity index is 1310. The van der Waals surface area contributed by atoms with Crippen molar-refractivity contribution in [3.63, 3.8) is 0 Å². The van der Waals surface area contributed by atoms with Gasteiger partial charge in [0.25, 0.3) is 0 Å². The molecule has 3 aromatic carbocycles. The molecule has 4 nitrogen and oxygen atoms in total. The van der Waals surface area contributed by atoms with Crippen molar-refractivity contribution in [1.82, 2.24) is 0 Å². The maximum absolute atomic E-state index is 11.3. The minimum atomic E-state index is -0.270. The number of phenolic OH excluding ortho intramolecular Hbond substituents is 4. The predicted octanol–water partition coefficient (Wildman–Crippen LogP) is 8.86. The zero-order valence-electron chi connectivity index (χ0n) is 22.4. The van der Waals surface area contributed by atoms with Crippen LogP contribution in [-0.2, 0) is 0 Å². The maximum atomic E-state index is 11.3. The summed E-state index contributed by atoms with van der Waals surface area (Å²) < 4.78 is 0. The molecule has 5 rings (SSSR count). The van der Waals surface area contributed by atoms with E-state index in [1.54, 1.807) is 12.1 Å². The van der Waals surface area contributed by atoms with Gasteiger partial charge in [0.15, 0.2) is 11.5 Å². The molecule has 4 heteroatoms. The summed E-state index contributed by atoms with van der Waals surface area (Å²) in [6.07, 6.45) is 11.9. The molecule has 2 aliphatic rings. The Morgan fingerprint density at radius 1 is 0.486 bits per heavy atom. The van der Waals surface area contributed by atoms with Crippen molar-refractivity contribution in [2.24, 2.45) is 0 Å². The lowest BCUT2D eigenvalue weighted by Gasteiger charge is -2.26. The van der Waals surface area contributed by atoms with Crippen molar-refractivity contribution >= 4 is 0 Å². The van der Waals surface area contributed by atoms with Crippen molar-refractivity contribution in [2.75, 3.05) is 0 Å². The van der Waals surface area contributed by atoms with Crippen molar-refractivity contribution < 1.29 is 20.4 Å². The molecule has 0 atom stereocenters. The lowest BCUT2D eigenvalue weighted by Crippen LogP contribution is -2.07. The van der Waals surface area contributed by atoms with Crippen LogP contribution >= 0.6 is 0 Å². The molecule has 196 valence electrons. The normalized spacial score (nSPS) is 17.3. The van der Waals surface area contributed by atoms with Crippen LogP contribution in [0.15, 0.2) is 30.3 Å². The smallest absolute Gasteiger partial charge is 0.166 e. The van der Waals surface area contributed by atoms with Gasteiger partial charge in [-0.05, 0) is 116 Å². The van der Waals surface area contributed by atoms with E-state index in [0.29, 0.717) is 34.1 Å². The molecule has 3 aromatic rings. The molecule has 0 radical (unpaired) electrons. The Morgan fingerprint density at radius 2 is 0.946 bits per heavy atom. The van der Waals surface area contributed by atoms with Gasteiger partial charge in [0, 0.05) is 22.3 Å². The van der Waals surface area contributed by atoms with E-state index < -0.39 is 0 Å². The zero-order chi connectivity index (χ0) is 26.3. The van der Waals surface area contributed by atoms with E-state index in [1.807, 2.05) is 39.0 Å². The van der Waals surface area contributed by atoms with Crippen LogP contribution in [0, 0.1) is 20.8 Å². The van der Waals surface area contributed by atoms with E-state index in [-0.39, 0.29) is 23.0 Å². The van der Waals surface area contributed by atoms with E-state index in [2.05, 4.69) is 0 Å². The predicted molar refractivity (Wildman–Crippen MR) is 150 cm³/mol. The summed E-state index contributed by atoms with van der Waals surface area (Å²) in [5, 5.41) is 44.3. The first-order chi connectivity index (χ1) is 17.8. The van der Waals surface area contributed by atoms with Crippen molar-refractivity contribution in [2.45, 2.75) is 96.8 Å². The van der Waals surface area contributed by atoms with Crippen LogP contribution in [0.1, 0.15) is 104 Å². The van der Waals surface area contributed by atoms with Gasteiger partial charge in [0.1, 0.15) is 11.5 Å². The van der Waals surface area contributed by atoms with Crippen molar-refractivity contribution in [3.8, 4) is 45.3 Å². The van der Waals surface area contributed by atoms with Gasteiger partial charge in [0.05, 0.1) is 0 Å². The molecule has 4 N–H and O–H groups in total.